The van der Waals surface area contributed by atoms with E-state index in [1.807, 2.05) is 13.8 Å². The van der Waals surface area contributed by atoms with Gasteiger partial charge in [0.25, 0.3) is 0 Å². The highest BCUT2D eigenvalue weighted by Crippen LogP contribution is 2.29. The van der Waals surface area contributed by atoms with E-state index in [0.717, 1.165) is 17.0 Å². The second-order valence-corrected chi connectivity index (χ2v) is 6.52. The first-order valence-electron chi connectivity index (χ1n) is 6.61. The summed E-state index contributed by atoms with van der Waals surface area (Å²) in [4.78, 5) is 0.115. The topological polar surface area (TPSA) is 93.3 Å². The maximum atomic E-state index is 12.4. The monoisotopic (exact) mass is 325 g/mol. The van der Waals surface area contributed by atoms with Gasteiger partial charge in [-0.2, -0.15) is 5.10 Å². The number of aryl methyl sites for hydroxylation is 2. The molecule has 0 bridgehead atoms. The first-order valence-corrected chi connectivity index (χ1v) is 8.09. The van der Waals surface area contributed by atoms with Gasteiger partial charge in [-0.05, 0) is 26.0 Å². The van der Waals surface area contributed by atoms with Crippen LogP contribution in [0.2, 0.25) is 0 Å². The zero-order valence-corrected chi connectivity index (χ0v) is 13.7. The Bertz CT molecular complexity index is 749. The highest BCUT2D eigenvalue weighted by molar-refractivity contribution is 7.89. The predicted octanol–water partition coefficient (Wildman–Crippen LogP) is 1.52. The van der Waals surface area contributed by atoms with Crippen LogP contribution in [0.25, 0.3) is 0 Å². The summed E-state index contributed by atoms with van der Waals surface area (Å²) in [5.41, 5.74) is 2.45. The molecule has 2 rings (SSSR count). The maximum Gasteiger partial charge on any atom is 0.241 e. The average molecular weight is 325 g/mol. The molecule has 1 heterocycles. The Balaban J connectivity index is 2.24. The summed E-state index contributed by atoms with van der Waals surface area (Å²) in [6.45, 7) is 3.84. The van der Waals surface area contributed by atoms with E-state index >= 15 is 0 Å². The molecule has 1 aromatic carbocycles. The SMILES string of the molecule is COc1ccc(S(=O)(=O)NCc2c(C)n[nH]c2C)cc1OC. The standard InChI is InChI=1S/C14H19N3O4S/c1-9-12(10(2)17-16-9)8-15-22(18,19)11-5-6-13(20-3)14(7-11)21-4/h5-7,15H,8H2,1-4H3,(H,16,17). The van der Waals surface area contributed by atoms with Crippen LogP contribution in [0.5, 0.6) is 11.5 Å². The predicted molar refractivity (Wildman–Crippen MR) is 81.6 cm³/mol. The van der Waals surface area contributed by atoms with Crippen LogP contribution in [-0.2, 0) is 16.6 Å². The number of nitrogens with zero attached hydrogens (tertiary/aromatic N) is 1. The van der Waals surface area contributed by atoms with Crippen molar-refractivity contribution in [2.45, 2.75) is 25.3 Å². The zero-order valence-electron chi connectivity index (χ0n) is 12.9. The summed E-state index contributed by atoms with van der Waals surface area (Å²) in [5.74, 6) is 0.837. The Kier molecular flexibility index (Phi) is 4.72. The second kappa shape index (κ2) is 6.37. The van der Waals surface area contributed by atoms with Gasteiger partial charge in [0, 0.05) is 23.9 Å². The van der Waals surface area contributed by atoms with Gasteiger partial charge in [0.05, 0.1) is 24.8 Å². The fraction of sp³-hybridized carbons (Fsp3) is 0.357. The van der Waals surface area contributed by atoms with E-state index in [1.54, 1.807) is 6.07 Å². The van der Waals surface area contributed by atoms with Gasteiger partial charge in [0.1, 0.15) is 0 Å². The molecule has 7 nitrogen and oxygen atoms in total. The zero-order chi connectivity index (χ0) is 16.3. The molecule has 0 amide bonds. The summed E-state index contributed by atoms with van der Waals surface area (Å²) < 4.78 is 37.6. The number of nitrogens with one attached hydrogen (secondary N) is 2. The third-order valence-corrected chi connectivity index (χ3v) is 4.78. The summed E-state index contributed by atoms with van der Waals surface area (Å²) in [6.07, 6.45) is 0. The largest absolute Gasteiger partial charge is 0.493 e. The minimum atomic E-state index is -3.65. The molecule has 0 atom stereocenters. The number of H-pyrrole nitrogens is 1. The van der Waals surface area contributed by atoms with Gasteiger partial charge in [-0.3, -0.25) is 5.10 Å². The third kappa shape index (κ3) is 3.23. The second-order valence-electron chi connectivity index (χ2n) is 4.75. The third-order valence-electron chi connectivity index (χ3n) is 3.38. The van der Waals surface area contributed by atoms with Crippen molar-refractivity contribution in [3.05, 3.63) is 35.2 Å². The van der Waals surface area contributed by atoms with Gasteiger partial charge in [0.2, 0.25) is 10.0 Å². The van der Waals surface area contributed by atoms with Crippen molar-refractivity contribution in [3.63, 3.8) is 0 Å². The molecule has 0 fully saturated rings. The number of hydrogen-bond acceptors (Lipinski definition) is 5. The van der Waals surface area contributed by atoms with Gasteiger partial charge < -0.3 is 9.47 Å². The van der Waals surface area contributed by atoms with E-state index in [4.69, 9.17) is 9.47 Å². The number of hydrogen-bond donors (Lipinski definition) is 2. The summed E-state index contributed by atoms with van der Waals surface area (Å²) in [6, 6.07) is 4.46. The molecule has 8 heteroatoms. The molecular formula is C14H19N3O4S. The van der Waals surface area contributed by atoms with E-state index in [9.17, 15) is 8.42 Å². The van der Waals surface area contributed by atoms with E-state index in [-0.39, 0.29) is 11.4 Å². The quantitative estimate of drug-likeness (QED) is 0.840. The lowest BCUT2D eigenvalue weighted by atomic mass is 10.2. The van der Waals surface area contributed by atoms with Crippen LogP contribution in [0.1, 0.15) is 17.0 Å². The molecule has 0 saturated carbocycles. The van der Waals surface area contributed by atoms with Gasteiger partial charge in [-0.1, -0.05) is 0 Å². The molecular weight excluding hydrogens is 306 g/mol. The number of sulfonamides is 1. The average Bonchev–Trinajstić information content (AvgIpc) is 2.83. The van der Waals surface area contributed by atoms with Crippen LogP contribution in [0.3, 0.4) is 0 Å². The van der Waals surface area contributed by atoms with Crippen molar-refractivity contribution < 1.29 is 17.9 Å². The molecule has 120 valence electrons. The fourth-order valence-corrected chi connectivity index (χ4v) is 3.08. The highest BCUT2D eigenvalue weighted by atomic mass is 32.2. The van der Waals surface area contributed by atoms with Gasteiger partial charge >= 0.3 is 0 Å². The first kappa shape index (κ1) is 16.3. The molecule has 0 unspecified atom stereocenters. The van der Waals surface area contributed by atoms with Crippen molar-refractivity contribution >= 4 is 10.0 Å². The minimum Gasteiger partial charge on any atom is -0.493 e. The van der Waals surface area contributed by atoms with Crippen molar-refractivity contribution in [1.29, 1.82) is 0 Å². The smallest absolute Gasteiger partial charge is 0.241 e. The Hall–Kier alpha value is -2.06. The lowest BCUT2D eigenvalue weighted by Crippen LogP contribution is -2.23. The summed E-state index contributed by atoms with van der Waals surface area (Å²) >= 11 is 0. The molecule has 0 radical (unpaired) electrons. The fourth-order valence-electron chi connectivity index (χ4n) is 2.07. The number of benzene rings is 1. The molecule has 0 aliphatic heterocycles. The first-order chi connectivity index (χ1) is 10.4. The van der Waals surface area contributed by atoms with E-state index < -0.39 is 10.0 Å². The lowest BCUT2D eigenvalue weighted by molar-refractivity contribution is 0.354. The number of aromatic nitrogens is 2. The van der Waals surface area contributed by atoms with E-state index in [0.29, 0.717) is 11.5 Å². The number of ether oxygens (including phenoxy) is 2. The molecule has 2 aromatic rings. The van der Waals surface area contributed by atoms with Crippen LogP contribution < -0.4 is 14.2 Å². The lowest BCUT2D eigenvalue weighted by Gasteiger charge is -2.11. The summed E-state index contributed by atoms with van der Waals surface area (Å²) in [5, 5.41) is 6.87. The molecule has 2 N–H and O–H groups in total. The van der Waals surface area contributed by atoms with Gasteiger partial charge in [0.15, 0.2) is 11.5 Å². The molecule has 0 aliphatic carbocycles. The Morgan fingerprint density at radius 1 is 1.18 bits per heavy atom. The summed E-state index contributed by atoms with van der Waals surface area (Å²) in [7, 11) is -0.702. The molecule has 0 aliphatic rings. The Morgan fingerprint density at radius 3 is 2.41 bits per heavy atom. The van der Waals surface area contributed by atoms with Crippen molar-refractivity contribution in [2.24, 2.45) is 0 Å². The van der Waals surface area contributed by atoms with Crippen LogP contribution in [0, 0.1) is 13.8 Å². The van der Waals surface area contributed by atoms with Crippen molar-refractivity contribution in [2.75, 3.05) is 14.2 Å². The van der Waals surface area contributed by atoms with Crippen molar-refractivity contribution in [3.8, 4) is 11.5 Å². The number of aromatic amines is 1. The Labute approximate surface area is 129 Å². The van der Waals surface area contributed by atoms with Gasteiger partial charge in [-0.25, -0.2) is 13.1 Å². The van der Waals surface area contributed by atoms with Crippen molar-refractivity contribution in [1.82, 2.24) is 14.9 Å². The number of methoxy groups -OCH3 is 2. The van der Waals surface area contributed by atoms with Crippen LogP contribution >= 0.6 is 0 Å². The Morgan fingerprint density at radius 2 is 1.86 bits per heavy atom. The van der Waals surface area contributed by atoms with Crippen LogP contribution in [-0.4, -0.2) is 32.8 Å². The van der Waals surface area contributed by atoms with Crippen LogP contribution in [0.4, 0.5) is 0 Å². The van der Waals surface area contributed by atoms with Crippen LogP contribution in [0.15, 0.2) is 23.1 Å². The molecule has 22 heavy (non-hydrogen) atoms. The normalized spacial score (nSPS) is 11.5. The highest BCUT2D eigenvalue weighted by Gasteiger charge is 2.18. The van der Waals surface area contributed by atoms with E-state index in [1.165, 1.54) is 26.4 Å². The number of rotatable bonds is 6. The maximum absolute atomic E-state index is 12.4. The molecule has 0 saturated heterocycles. The van der Waals surface area contributed by atoms with E-state index in [2.05, 4.69) is 14.9 Å². The molecule has 0 spiro atoms. The van der Waals surface area contributed by atoms with Gasteiger partial charge in [-0.15, -0.1) is 0 Å². The molecule has 1 aromatic heterocycles. The minimum absolute atomic E-state index is 0.115.